The van der Waals surface area contributed by atoms with E-state index >= 15 is 0 Å². The molecule has 0 radical (unpaired) electrons. The van der Waals surface area contributed by atoms with Crippen LogP contribution in [-0.2, 0) is 16.4 Å². The van der Waals surface area contributed by atoms with Crippen LogP contribution in [0.15, 0.2) is 95.9 Å². The summed E-state index contributed by atoms with van der Waals surface area (Å²) in [7, 11) is -1.30. The van der Waals surface area contributed by atoms with Crippen molar-refractivity contribution in [3.8, 4) is 0 Å². The maximum absolute atomic E-state index is 12.8. The zero-order chi connectivity index (χ0) is 16.1. The summed E-state index contributed by atoms with van der Waals surface area (Å²) < 4.78 is 12.8. The highest BCUT2D eigenvalue weighted by Gasteiger charge is 2.33. The lowest BCUT2D eigenvalue weighted by molar-refractivity contribution is 0.106. The van der Waals surface area contributed by atoms with Crippen LogP contribution in [-0.4, -0.2) is 15.1 Å². The van der Waals surface area contributed by atoms with Crippen molar-refractivity contribution < 1.29 is 9.32 Å². The maximum atomic E-state index is 12.8. The molecule has 0 spiro atoms. The number of aliphatic hydroxyl groups is 1. The van der Waals surface area contributed by atoms with E-state index in [-0.39, 0.29) is 5.75 Å². The molecule has 0 aromatic heterocycles. The Labute approximate surface area is 138 Å². The van der Waals surface area contributed by atoms with E-state index in [0.717, 1.165) is 16.0 Å². The van der Waals surface area contributed by atoms with Gasteiger partial charge in [0.1, 0.15) is 5.60 Å². The first kappa shape index (κ1) is 15.7. The zero-order valence-corrected chi connectivity index (χ0v) is 13.4. The van der Waals surface area contributed by atoms with Gasteiger partial charge in [0.2, 0.25) is 0 Å². The van der Waals surface area contributed by atoms with Gasteiger partial charge in [0.15, 0.2) is 0 Å². The van der Waals surface area contributed by atoms with Crippen molar-refractivity contribution in [3.63, 3.8) is 0 Å². The van der Waals surface area contributed by atoms with Crippen LogP contribution in [0.1, 0.15) is 11.1 Å². The van der Waals surface area contributed by atoms with E-state index in [4.69, 9.17) is 0 Å². The zero-order valence-electron chi connectivity index (χ0n) is 12.6. The third-order valence-electron chi connectivity index (χ3n) is 3.85. The molecule has 0 bridgehead atoms. The van der Waals surface area contributed by atoms with Crippen molar-refractivity contribution in [2.45, 2.75) is 10.5 Å². The van der Waals surface area contributed by atoms with Gasteiger partial charge in [-0.25, -0.2) is 0 Å². The van der Waals surface area contributed by atoms with E-state index < -0.39 is 16.4 Å². The van der Waals surface area contributed by atoms with Crippen molar-refractivity contribution in [3.05, 3.63) is 102 Å². The molecule has 3 rings (SSSR count). The molecule has 0 saturated heterocycles. The van der Waals surface area contributed by atoms with Crippen LogP contribution >= 0.6 is 0 Å². The standard InChI is InChI=1S/C20H18O2S/c21-20(17-10-4-1-5-11-17,18-12-6-2-7-13-18)16-23(22)19-14-8-3-9-15-19/h1-15,21H,16H2/t23-/m1/s1. The second kappa shape index (κ2) is 6.90. The topological polar surface area (TPSA) is 37.3 Å². The molecule has 116 valence electrons. The van der Waals surface area contributed by atoms with Crippen LogP contribution in [0.4, 0.5) is 0 Å². The first-order valence-electron chi connectivity index (χ1n) is 7.47. The number of hydrogen-bond donors (Lipinski definition) is 1. The molecule has 0 aliphatic heterocycles. The number of hydrogen-bond acceptors (Lipinski definition) is 2. The lowest BCUT2D eigenvalue weighted by Crippen LogP contribution is -2.33. The summed E-state index contributed by atoms with van der Waals surface area (Å²) in [6, 6.07) is 28.1. The van der Waals surface area contributed by atoms with Gasteiger partial charge in [0.05, 0.1) is 16.6 Å². The second-order valence-electron chi connectivity index (χ2n) is 5.40. The molecular weight excluding hydrogens is 304 g/mol. The van der Waals surface area contributed by atoms with Crippen molar-refractivity contribution in [1.29, 1.82) is 0 Å². The molecule has 0 saturated carbocycles. The van der Waals surface area contributed by atoms with Gasteiger partial charge in [-0.2, -0.15) is 0 Å². The maximum Gasteiger partial charge on any atom is 0.126 e. The summed E-state index contributed by atoms with van der Waals surface area (Å²) in [5.74, 6) is 0.116. The van der Waals surface area contributed by atoms with E-state index in [1.165, 1.54) is 0 Å². The monoisotopic (exact) mass is 322 g/mol. The Bertz CT molecular complexity index is 731. The summed E-state index contributed by atoms with van der Waals surface area (Å²) >= 11 is 0. The normalized spacial score (nSPS) is 12.7. The van der Waals surface area contributed by atoms with E-state index in [9.17, 15) is 9.32 Å². The lowest BCUT2D eigenvalue weighted by atomic mass is 9.88. The van der Waals surface area contributed by atoms with Gasteiger partial charge in [-0.15, -0.1) is 0 Å². The minimum atomic E-state index is -1.30. The minimum absolute atomic E-state index is 0.116. The van der Waals surface area contributed by atoms with Gasteiger partial charge in [0.25, 0.3) is 0 Å². The summed E-state index contributed by atoms with van der Waals surface area (Å²) in [6.07, 6.45) is 0. The van der Waals surface area contributed by atoms with E-state index in [1.54, 1.807) is 0 Å². The summed E-state index contributed by atoms with van der Waals surface area (Å²) in [6.45, 7) is 0. The van der Waals surface area contributed by atoms with Crippen LogP contribution in [0.3, 0.4) is 0 Å². The third-order valence-corrected chi connectivity index (χ3v) is 5.33. The molecule has 0 aliphatic carbocycles. The Morgan fingerprint density at radius 1 is 0.696 bits per heavy atom. The molecule has 2 nitrogen and oxygen atoms in total. The average molecular weight is 322 g/mol. The Morgan fingerprint density at radius 3 is 1.52 bits per heavy atom. The molecule has 0 aliphatic rings. The van der Waals surface area contributed by atoms with Crippen molar-refractivity contribution in [2.24, 2.45) is 0 Å². The van der Waals surface area contributed by atoms with Crippen LogP contribution < -0.4 is 0 Å². The van der Waals surface area contributed by atoms with Crippen LogP contribution in [0, 0.1) is 0 Å². The molecule has 23 heavy (non-hydrogen) atoms. The van der Waals surface area contributed by atoms with Crippen LogP contribution in [0.5, 0.6) is 0 Å². The van der Waals surface area contributed by atoms with Gasteiger partial charge in [-0.3, -0.25) is 4.21 Å². The molecule has 0 unspecified atom stereocenters. The average Bonchev–Trinajstić information content (AvgIpc) is 2.64. The predicted octanol–water partition coefficient (Wildman–Crippen LogP) is 3.73. The van der Waals surface area contributed by atoms with E-state index in [2.05, 4.69) is 0 Å². The molecule has 1 atom stereocenters. The highest BCUT2D eigenvalue weighted by Crippen LogP contribution is 2.31. The first-order chi connectivity index (χ1) is 11.2. The molecule has 0 heterocycles. The van der Waals surface area contributed by atoms with Crippen molar-refractivity contribution in [2.75, 3.05) is 5.75 Å². The van der Waals surface area contributed by atoms with Gasteiger partial charge < -0.3 is 5.11 Å². The molecule has 3 aromatic carbocycles. The summed E-state index contributed by atoms with van der Waals surface area (Å²) in [5, 5.41) is 11.4. The fourth-order valence-electron chi connectivity index (χ4n) is 2.61. The van der Waals surface area contributed by atoms with Crippen molar-refractivity contribution in [1.82, 2.24) is 0 Å². The Kier molecular flexibility index (Phi) is 4.70. The highest BCUT2D eigenvalue weighted by molar-refractivity contribution is 7.85. The Morgan fingerprint density at radius 2 is 1.09 bits per heavy atom. The number of rotatable bonds is 5. The largest absolute Gasteiger partial charge is 0.379 e. The number of benzene rings is 3. The van der Waals surface area contributed by atoms with E-state index in [0.29, 0.717) is 0 Å². The molecule has 3 heteroatoms. The minimum Gasteiger partial charge on any atom is -0.379 e. The fourth-order valence-corrected chi connectivity index (χ4v) is 3.95. The van der Waals surface area contributed by atoms with Crippen molar-refractivity contribution >= 4 is 10.8 Å². The van der Waals surface area contributed by atoms with Gasteiger partial charge >= 0.3 is 0 Å². The molecular formula is C20H18O2S. The Hall–Kier alpha value is -2.23. The Balaban J connectivity index is 2.01. The quantitative estimate of drug-likeness (QED) is 0.777. The molecule has 1 N–H and O–H groups in total. The third kappa shape index (κ3) is 3.41. The van der Waals surface area contributed by atoms with Crippen LogP contribution in [0.2, 0.25) is 0 Å². The van der Waals surface area contributed by atoms with Crippen LogP contribution in [0.25, 0.3) is 0 Å². The summed E-state index contributed by atoms with van der Waals surface area (Å²) in [5.41, 5.74) is 0.203. The molecule has 0 fully saturated rings. The van der Waals surface area contributed by atoms with Gasteiger partial charge in [0, 0.05) is 4.90 Å². The summed E-state index contributed by atoms with van der Waals surface area (Å²) in [4.78, 5) is 0.720. The fraction of sp³-hybridized carbons (Fsp3) is 0.100. The van der Waals surface area contributed by atoms with Gasteiger partial charge in [-0.1, -0.05) is 78.9 Å². The highest BCUT2D eigenvalue weighted by atomic mass is 32.2. The molecule has 0 amide bonds. The second-order valence-corrected chi connectivity index (χ2v) is 6.85. The van der Waals surface area contributed by atoms with Gasteiger partial charge in [-0.05, 0) is 23.3 Å². The lowest BCUT2D eigenvalue weighted by Gasteiger charge is -2.29. The van der Waals surface area contributed by atoms with E-state index in [1.807, 2.05) is 91.0 Å². The molecule has 3 aromatic rings. The first-order valence-corrected chi connectivity index (χ1v) is 8.79. The predicted molar refractivity (Wildman–Crippen MR) is 93.6 cm³/mol. The smallest absolute Gasteiger partial charge is 0.126 e. The SMILES string of the molecule is O=[S@](CC(O)(c1ccccc1)c1ccccc1)c1ccccc1.